The van der Waals surface area contributed by atoms with E-state index in [1.54, 1.807) is 12.1 Å². The van der Waals surface area contributed by atoms with E-state index < -0.39 is 0 Å². The normalized spacial score (nSPS) is 20.6. The van der Waals surface area contributed by atoms with E-state index in [1.165, 1.54) is 11.1 Å². The van der Waals surface area contributed by atoms with E-state index >= 15 is 0 Å². The van der Waals surface area contributed by atoms with Gasteiger partial charge in [-0.25, -0.2) is 4.39 Å². The molecule has 2 heterocycles. The Morgan fingerprint density at radius 2 is 1.94 bits per heavy atom. The molecule has 170 valence electrons. The molecule has 1 N–H and O–H groups in total. The Labute approximate surface area is 190 Å². The Morgan fingerprint density at radius 1 is 1.16 bits per heavy atom. The second kappa shape index (κ2) is 8.51. The number of halogens is 1. The minimum Gasteiger partial charge on any atom is -0.487 e. The van der Waals surface area contributed by atoms with Gasteiger partial charge in [0.1, 0.15) is 17.2 Å². The number of nitrogens with zero attached hydrogens (tertiary/aromatic N) is 1. The van der Waals surface area contributed by atoms with E-state index in [1.807, 2.05) is 6.07 Å². The van der Waals surface area contributed by atoms with Crippen molar-refractivity contribution in [2.75, 3.05) is 18.4 Å². The van der Waals surface area contributed by atoms with Crippen molar-refractivity contribution in [1.29, 1.82) is 0 Å². The number of amides is 1. The van der Waals surface area contributed by atoms with E-state index in [2.05, 4.69) is 42.3 Å². The molecule has 0 aromatic heterocycles. The first-order valence-electron chi connectivity index (χ1n) is 12.0. The molecule has 5 heteroatoms. The monoisotopic (exact) mass is 436 g/mol. The van der Waals surface area contributed by atoms with E-state index in [-0.39, 0.29) is 23.2 Å². The number of para-hydroxylation sites is 1. The van der Waals surface area contributed by atoms with Gasteiger partial charge in [0.2, 0.25) is 5.91 Å². The molecule has 0 radical (unpaired) electrons. The maximum atomic E-state index is 14.5. The van der Waals surface area contributed by atoms with Crippen molar-refractivity contribution in [3.63, 3.8) is 0 Å². The van der Waals surface area contributed by atoms with E-state index in [9.17, 15) is 9.18 Å². The van der Waals surface area contributed by atoms with Crippen LogP contribution in [0.15, 0.2) is 36.4 Å². The molecule has 1 saturated carbocycles. The molecule has 0 spiro atoms. The first-order chi connectivity index (χ1) is 15.4. The number of anilines is 1. The molecule has 2 fully saturated rings. The van der Waals surface area contributed by atoms with E-state index in [4.69, 9.17) is 4.74 Å². The molecule has 2 aromatic rings. The van der Waals surface area contributed by atoms with E-state index in [0.29, 0.717) is 11.6 Å². The van der Waals surface area contributed by atoms with Crippen LogP contribution in [-0.2, 0) is 24.2 Å². The fourth-order valence-corrected chi connectivity index (χ4v) is 5.09. The lowest BCUT2D eigenvalue weighted by Gasteiger charge is -2.32. The molecule has 0 bridgehead atoms. The summed E-state index contributed by atoms with van der Waals surface area (Å²) in [7, 11) is 0. The number of carbonyl (C=O) groups is 1. The smallest absolute Gasteiger partial charge is 0.227 e. The predicted molar refractivity (Wildman–Crippen MR) is 124 cm³/mol. The van der Waals surface area contributed by atoms with Crippen molar-refractivity contribution in [2.24, 2.45) is 11.8 Å². The number of benzene rings is 2. The van der Waals surface area contributed by atoms with Gasteiger partial charge in [-0.1, -0.05) is 24.3 Å². The third-order valence-corrected chi connectivity index (χ3v) is 7.04. The zero-order valence-corrected chi connectivity index (χ0v) is 19.1. The van der Waals surface area contributed by atoms with Gasteiger partial charge in [0.15, 0.2) is 0 Å². The molecule has 3 aliphatic rings. The molecule has 0 atom stereocenters. The lowest BCUT2D eigenvalue weighted by atomic mass is 9.90. The summed E-state index contributed by atoms with van der Waals surface area (Å²) in [5, 5.41) is 2.72. The summed E-state index contributed by atoms with van der Waals surface area (Å²) >= 11 is 0. The second-order valence-electron chi connectivity index (χ2n) is 10.4. The van der Waals surface area contributed by atoms with Gasteiger partial charge < -0.3 is 10.1 Å². The summed E-state index contributed by atoms with van der Waals surface area (Å²) < 4.78 is 20.7. The molecule has 1 saturated heterocycles. The van der Waals surface area contributed by atoms with Gasteiger partial charge in [-0.2, -0.15) is 0 Å². The fraction of sp³-hybridized carbons (Fsp3) is 0.519. The number of piperidine rings is 1. The Bertz CT molecular complexity index is 1010. The van der Waals surface area contributed by atoms with Crippen molar-refractivity contribution in [1.82, 2.24) is 4.90 Å². The maximum absolute atomic E-state index is 14.5. The average Bonchev–Trinajstić information content (AvgIpc) is 3.54. The number of ether oxygens (including phenoxy) is 1. The Kier molecular flexibility index (Phi) is 5.70. The van der Waals surface area contributed by atoms with Crippen LogP contribution in [0.25, 0.3) is 0 Å². The molecular weight excluding hydrogens is 403 g/mol. The topological polar surface area (TPSA) is 41.6 Å². The van der Waals surface area contributed by atoms with Crippen molar-refractivity contribution in [3.8, 4) is 5.75 Å². The summed E-state index contributed by atoms with van der Waals surface area (Å²) in [6, 6.07) is 11.8. The molecule has 1 amide bonds. The highest BCUT2D eigenvalue weighted by Gasteiger charge is 2.32. The van der Waals surface area contributed by atoms with Crippen molar-refractivity contribution >= 4 is 11.6 Å². The SMILES string of the molecule is CC1(C)Cc2cccc(CN3CCC(Cc4ccc(NC(=O)C5CC5)c(F)c4)CC3)c2O1. The number of nitrogens with one attached hydrogen (secondary N) is 1. The highest BCUT2D eigenvalue weighted by Crippen LogP contribution is 2.38. The standard InChI is InChI=1S/C27H33FN2O2/c1-27(2)16-21-4-3-5-22(25(21)32-27)17-30-12-10-18(11-13-30)14-19-6-9-24(23(28)15-19)29-26(31)20-7-8-20/h3-6,9,15,18,20H,7-8,10-14,16-17H2,1-2H3,(H,29,31). The van der Waals surface area contributed by atoms with Crippen molar-refractivity contribution in [2.45, 2.75) is 64.5 Å². The van der Waals surface area contributed by atoms with Crippen LogP contribution in [0.3, 0.4) is 0 Å². The first kappa shape index (κ1) is 21.4. The highest BCUT2D eigenvalue weighted by atomic mass is 19.1. The van der Waals surface area contributed by atoms with Gasteiger partial charge in [0.25, 0.3) is 0 Å². The summed E-state index contributed by atoms with van der Waals surface area (Å²) in [6.07, 6.45) is 5.92. The number of carbonyl (C=O) groups excluding carboxylic acids is 1. The van der Waals surface area contributed by atoms with Gasteiger partial charge in [0.05, 0.1) is 5.69 Å². The quantitative estimate of drug-likeness (QED) is 0.664. The maximum Gasteiger partial charge on any atom is 0.227 e. The molecule has 4 nitrogen and oxygen atoms in total. The summed E-state index contributed by atoms with van der Waals surface area (Å²) in [4.78, 5) is 14.4. The summed E-state index contributed by atoms with van der Waals surface area (Å²) in [5.74, 6) is 1.35. The number of hydrogen-bond donors (Lipinski definition) is 1. The molecule has 1 aliphatic carbocycles. The molecular formula is C27H33FN2O2. The van der Waals surface area contributed by atoms with Crippen LogP contribution in [0.1, 0.15) is 56.2 Å². The third-order valence-electron chi connectivity index (χ3n) is 7.04. The minimum absolute atomic E-state index is 0.0537. The number of rotatable bonds is 6. The highest BCUT2D eigenvalue weighted by molar-refractivity contribution is 5.94. The van der Waals surface area contributed by atoms with Crippen molar-refractivity contribution in [3.05, 3.63) is 58.9 Å². The number of hydrogen-bond acceptors (Lipinski definition) is 3. The van der Waals surface area contributed by atoms with Crippen LogP contribution >= 0.6 is 0 Å². The van der Waals surface area contributed by atoms with Gasteiger partial charge >= 0.3 is 0 Å². The lowest BCUT2D eigenvalue weighted by Crippen LogP contribution is -2.34. The van der Waals surface area contributed by atoms with Crippen LogP contribution in [0.4, 0.5) is 10.1 Å². The Balaban J connectivity index is 1.14. The van der Waals surface area contributed by atoms with Crippen molar-refractivity contribution < 1.29 is 13.9 Å². The summed E-state index contributed by atoms with van der Waals surface area (Å²) in [5.41, 5.74) is 3.82. The largest absolute Gasteiger partial charge is 0.487 e. The van der Waals surface area contributed by atoms with Gasteiger partial charge in [-0.05, 0) is 88.2 Å². The minimum atomic E-state index is -0.324. The third kappa shape index (κ3) is 4.83. The predicted octanol–water partition coefficient (Wildman–Crippen LogP) is 5.34. The number of fused-ring (bicyclic) bond motifs is 1. The van der Waals surface area contributed by atoms with Gasteiger partial charge in [-0.15, -0.1) is 0 Å². The first-order valence-corrected chi connectivity index (χ1v) is 12.0. The van der Waals surface area contributed by atoms with Crippen LogP contribution in [0.5, 0.6) is 5.75 Å². The zero-order chi connectivity index (χ0) is 22.3. The fourth-order valence-electron chi connectivity index (χ4n) is 5.09. The van der Waals surface area contributed by atoms with Gasteiger partial charge in [-0.3, -0.25) is 9.69 Å². The van der Waals surface area contributed by atoms with Crippen LogP contribution in [0, 0.1) is 17.7 Å². The molecule has 2 aliphatic heterocycles. The van der Waals surface area contributed by atoms with Crippen LogP contribution in [-0.4, -0.2) is 29.5 Å². The van der Waals surface area contributed by atoms with Crippen LogP contribution in [0.2, 0.25) is 0 Å². The molecule has 32 heavy (non-hydrogen) atoms. The molecule has 5 rings (SSSR count). The molecule has 2 aromatic carbocycles. The molecule has 0 unspecified atom stereocenters. The summed E-state index contributed by atoms with van der Waals surface area (Å²) in [6.45, 7) is 7.33. The Hall–Kier alpha value is -2.40. The van der Waals surface area contributed by atoms with Gasteiger partial charge in [0, 0.05) is 24.4 Å². The zero-order valence-electron chi connectivity index (χ0n) is 19.1. The van der Waals surface area contributed by atoms with E-state index in [0.717, 1.165) is 69.5 Å². The second-order valence-corrected chi connectivity index (χ2v) is 10.4. The lowest BCUT2D eigenvalue weighted by molar-refractivity contribution is -0.117. The average molecular weight is 437 g/mol. The number of likely N-dealkylation sites (tertiary alicyclic amines) is 1. The Morgan fingerprint density at radius 3 is 2.66 bits per heavy atom. The van der Waals surface area contributed by atoms with Crippen LogP contribution < -0.4 is 10.1 Å².